The van der Waals surface area contributed by atoms with Gasteiger partial charge in [-0.25, -0.2) is 9.40 Å². The highest BCUT2D eigenvalue weighted by Gasteiger charge is 2.29. The molecule has 0 bridgehead atoms. The van der Waals surface area contributed by atoms with Gasteiger partial charge in [0.1, 0.15) is 5.82 Å². The number of anilines is 1. The average Bonchev–Trinajstić information content (AvgIpc) is 3.24. The number of carbonyl (C=O) groups excluding carboxylic acids is 1. The molecular weight excluding hydrogens is 385 g/mol. The van der Waals surface area contributed by atoms with Crippen molar-refractivity contribution < 1.29 is 22.4 Å². The van der Waals surface area contributed by atoms with Gasteiger partial charge in [0.05, 0.1) is 17.3 Å². The summed E-state index contributed by atoms with van der Waals surface area (Å²) in [6.07, 6.45) is -2.87. The fourth-order valence-corrected chi connectivity index (χ4v) is 2.87. The molecular formula is C17H10ClF3N4O2. The van der Waals surface area contributed by atoms with E-state index in [0.29, 0.717) is 16.8 Å². The van der Waals surface area contributed by atoms with Crippen LogP contribution in [0, 0.1) is 5.82 Å². The van der Waals surface area contributed by atoms with Gasteiger partial charge in [0.15, 0.2) is 0 Å². The second kappa shape index (κ2) is 6.58. The zero-order valence-electron chi connectivity index (χ0n) is 13.4. The fourth-order valence-electron chi connectivity index (χ4n) is 2.69. The van der Waals surface area contributed by atoms with Crippen LogP contribution in [0.4, 0.5) is 18.9 Å². The summed E-state index contributed by atoms with van der Waals surface area (Å²) in [5.74, 6) is -1.79. The molecule has 1 aliphatic rings. The maximum atomic E-state index is 13.3. The van der Waals surface area contributed by atoms with E-state index in [1.807, 2.05) is 0 Å². The van der Waals surface area contributed by atoms with Crippen LogP contribution < -0.4 is 5.43 Å². The van der Waals surface area contributed by atoms with Crippen LogP contribution in [0.15, 0.2) is 40.8 Å². The largest absolute Gasteiger partial charge is 0.415 e. The monoisotopic (exact) mass is 394 g/mol. The number of carbonyl (C=O) groups is 1. The number of hydrogen-bond acceptors (Lipinski definition) is 5. The molecule has 10 heteroatoms. The van der Waals surface area contributed by atoms with Gasteiger partial charge in [-0.1, -0.05) is 17.7 Å². The second-order valence-electron chi connectivity index (χ2n) is 5.75. The number of nitrogens with zero attached hydrogens (tertiary/aromatic N) is 3. The van der Waals surface area contributed by atoms with Gasteiger partial charge >= 0.3 is 6.43 Å². The Labute approximate surface area is 155 Å². The molecule has 1 amide bonds. The summed E-state index contributed by atoms with van der Waals surface area (Å²) in [6.45, 7) is 0.259. The van der Waals surface area contributed by atoms with Crippen molar-refractivity contribution in [3.63, 3.8) is 0 Å². The number of rotatable bonds is 4. The minimum atomic E-state index is -2.87. The smallest absolute Gasteiger partial charge is 0.314 e. The number of aromatic nitrogens is 2. The number of halogens is 4. The van der Waals surface area contributed by atoms with Crippen LogP contribution in [0.3, 0.4) is 0 Å². The molecule has 0 unspecified atom stereocenters. The zero-order chi connectivity index (χ0) is 19.1. The van der Waals surface area contributed by atoms with Gasteiger partial charge in [0, 0.05) is 11.1 Å². The Bertz CT molecular complexity index is 1040. The molecule has 0 saturated heterocycles. The predicted molar refractivity (Wildman–Crippen MR) is 89.6 cm³/mol. The Kier molecular flexibility index (Phi) is 4.23. The van der Waals surface area contributed by atoms with Gasteiger partial charge in [0.25, 0.3) is 11.8 Å². The standard InChI is InChI=1S/C17H10ClF3N4O2/c18-12-6-10(3-4-13(12)19)24-25-7-9-2-1-8(5-11(9)17(25)26)15-22-23-16(27-15)14(20)21/h1-6,14,24H,7H2. The van der Waals surface area contributed by atoms with Crippen molar-refractivity contribution in [1.29, 1.82) is 0 Å². The minimum Gasteiger partial charge on any atom is -0.415 e. The summed E-state index contributed by atoms with van der Waals surface area (Å²) < 4.78 is 43.3. The first-order valence-electron chi connectivity index (χ1n) is 7.71. The van der Waals surface area contributed by atoms with E-state index in [0.717, 1.165) is 5.56 Å². The van der Waals surface area contributed by atoms with Gasteiger partial charge < -0.3 is 4.42 Å². The third-order valence-corrected chi connectivity index (χ3v) is 4.26. The molecule has 0 saturated carbocycles. The first-order valence-corrected chi connectivity index (χ1v) is 8.08. The molecule has 1 aromatic heterocycles. The molecule has 0 atom stereocenters. The van der Waals surface area contributed by atoms with Crippen molar-refractivity contribution in [3.8, 4) is 11.5 Å². The van der Waals surface area contributed by atoms with Gasteiger partial charge in [-0.2, -0.15) is 8.78 Å². The molecule has 1 aliphatic heterocycles. The summed E-state index contributed by atoms with van der Waals surface area (Å²) in [5, 5.41) is 8.11. The molecule has 0 aliphatic carbocycles. The van der Waals surface area contributed by atoms with Crippen molar-refractivity contribution in [1.82, 2.24) is 15.2 Å². The lowest BCUT2D eigenvalue weighted by molar-refractivity contribution is 0.0814. The Morgan fingerprint density at radius 2 is 2.00 bits per heavy atom. The molecule has 27 heavy (non-hydrogen) atoms. The molecule has 1 N–H and O–H groups in total. The lowest BCUT2D eigenvalue weighted by Gasteiger charge is -2.18. The molecule has 0 spiro atoms. The van der Waals surface area contributed by atoms with Gasteiger partial charge in [-0.05, 0) is 35.9 Å². The van der Waals surface area contributed by atoms with Crippen LogP contribution in [0.25, 0.3) is 11.5 Å². The topological polar surface area (TPSA) is 71.3 Å². The molecule has 3 aromatic rings. The van der Waals surface area contributed by atoms with E-state index in [1.54, 1.807) is 12.1 Å². The van der Waals surface area contributed by atoms with Crippen LogP contribution in [0.1, 0.15) is 28.2 Å². The molecule has 4 rings (SSSR count). The zero-order valence-corrected chi connectivity index (χ0v) is 14.2. The number of hydrazine groups is 1. The highest BCUT2D eigenvalue weighted by atomic mass is 35.5. The minimum absolute atomic E-state index is 0.0716. The van der Waals surface area contributed by atoms with Crippen LogP contribution in [-0.4, -0.2) is 21.1 Å². The van der Waals surface area contributed by atoms with Crippen molar-refractivity contribution in [2.45, 2.75) is 13.0 Å². The van der Waals surface area contributed by atoms with E-state index in [2.05, 4.69) is 15.6 Å². The first-order chi connectivity index (χ1) is 12.9. The summed E-state index contributed by atoms with van der Waals surface area (Å²) in [4.78, 5) is 12.6. The lowest BCUT2D eigenvalue weighted by atomic mass is 10.1. The Morgan fingerprint density at radius 3 is 2.70 bits per heavy atom. The SMILES string of the molecule is O=C1c2cc(-c3nnc(C(F)F)o3)ccc2CN1Nc1ccc(F)c(Cl)c1. The van der Waals surface area contributed by atoms with Gasteiger partial charge in [-0.3, -0.25) is 10.2 Å². The number of nitrogens with one attached hydrogen (secondary N) is 1. The average molecular weight is 395 g/mol. The van der Waals surface area contributed by atoms with Crippen LogP contribution in [0.2, 0.25) is 5.02 Å². The van der Waals surface area contributed by atoms with Crippen molar-refractivity contribution >= 4 is 23.2 Å². The highest BCUT2D eigenvalue weighted by Crippen LogP contribution is 2.30. The van der Waals surface area contributed by atoms with Gasteiger partial charge in [0.2, 0.25) is 5.89 Å². The third kappa shape index (κ3) is 3.21. The normalized spacial score (nSPS) is 13.4. The summed E-state index contributed by atoms with van der Waals surface area (Å²) in [6, 6.07) is 8.78. The van der Waals surface area contributed by atoms with Crippen LogP contribution in [-0.2, 0) is 6.54 Å². The Morgan fingerprint density at radius 1 is 1.19 bits per heavy atom. The van der Waals surface area contributed by atoms with Crippen molar-refractivity contribution in [2.24, 2.45) is 0 Å². The third-order valence-electron chi connectivity index (χ3n) is 3.97. The van der Waals surface area contributed by atoms with Gasteiger partial charge in [-0.15, -0.1) is 10.2 Å². The molecule has 2 heterocycles. The maximum absolute atomic E-state index is 13.3. The van der Waals surface area contributed by atoms with Crippen LogP contribution >= 0.6 is 11.6 Å². The quantitative estimate of drug-likeness (QED) is 0.708. The fraction of sp³-hybridized carbons (Fsp3) is 0.118. The second-order valence-corrected chi connectivity index (χ2v) is 6.16. The molecule has 6 nitrogen and oxygen atoms in total. The van der Waals surface area contributed by atoms with Crippen molar-refractivity contribution in [3.05, 3.63) is 64.3 Å². The predicted octanol–water partition coefficient (Wildman–Crippen LogP) is 4.45. The van der Waals surface area contributed by atoms with E-state index in [4.69, 9.17) is 16.0 Å². The van der Waals surface area contributed by atoms with Crippen LogP contribution in [0.5, 0.6) is 0 Å². The Balaban J connectivity index is 1.57. The van der Waals surface area contributed by atoms with Crippen molar-refractivity contribution in [2.75, 3.05) is 5.43 Å². The lowest BCUT2D eigenvalue weighted by Crippen LogP contribution is -2.30. The molecule has 138 valence electrons. The summed E-state index contributed by atoms with van der Waals surface area (Å²) in [7, 11) is 0. The number of fused-ring (bicyclic) bond motifs is 1. The molecule has 2 aromatic carbocycles. The maximum Gasteiger partial charge on any atom is 0.314 e. The van der Waals surface area contributed by atoms with E-state index in [9.17, 15) is 18.0 Å². The molecule has 0 fully saturated rings. The van der Waals surface area contributed by atoms with E-state index < -0.39 is 18.1 Å². The van der Waals surface area contributed by atoms with E-state index in [-0.39, 0.29) is 23.4 Å². The van der Waals surface area contributed by atoms with E-state index >= 15 is 0 Å². The Hall–Kier alpha value is -3.07. The highest BCUT2D eigenvalue weighted by molar-refractivity contribution is 6.31. The number of benzene rings is 2. The summed E-state index contributed by atoms with van der Waals surface area (Å²) in [5.41, 5.74) is 4.75. The van der Waals surface area contributed by atoms with E-state index in [1.165, 1.54) is 29.3 Å². The first kappa shape index (κ1) is 17.3. The molecule has 0 radical (unpaired) electrons. The number of hydrogen-bond donors (Lipinski definition) is 1. The number of alkyl halides is 2. The number of amides is 1. The summed E-state index contributed by atoms with van der Waals surface area (Å²) >= 11 is 5.74.